The maximum Gasteiger partial charge on any atom is 0.165 e. The number of rotatable bonds is 6. The zero-order valence-electron chi connectivity index (χ0n) is 11.9. The molecule has 0 spiro atoms. The third kappa shape index (κ3) is 3.45. The van der Waals surface area contributed by atoms with Crippen LogP contribution in [0.3, 0.4) is 0 Å². The van der Waals surface area contributed by atoms with Crippen LogP contribution in [-0.4, -0.2) is 33.4 Å². The molecule has 0 aliphatic rings. The number of nitrogens with zero attached hydrogens (tertiary/aromatic N) is 4. The molecule has 2 aromatic rings. The second kappa shape index (κ2) is 6.98. The summed E-state index contributed by atoms with van der Waals surface area (Å²) in [6.07, 6.45) is 4.71. The molecule has 2 rings (SSSR count). The lowest BCUT2D eigenvalue weighted by molar-refractivity contribution is 0.181. The van der Waals surface area contributed by atoms with Crippen molar-refractivity contribution in [1.82, 2.24) is 19.7 Å². The third-order valence-electron chi connectivity index (χ3n) is 2.71. The summed E-state index contributed by atoms with van der Waals surface area (Å²) in [5.41, 5.74) is 1.79. The number of nitrogens with one attached hydrogen (secondary N) is 1. The Balaban J connectivity index is 2.43. The summed E-state index contributed by atoms with van der Waals surface area (Å²) in [5.74, 6) is 1.53. The van der Waals surface area contributed by atoms with E-state index in [2.05, 4.69) is 49.9 Å². The molecule has 0 radical (unpaired) electrons. The zero-order chi connectivity index (χ0) is 14.5. The highest BCUT2D eigenvalue weighted by Crippen LogP contribution is 2.24. The normalized spacial score (nSPS) is 10.8. The van der Waals surface area contributed by atoms with Crippen LogP contribution in [0.5, 0.6) is 0 Å². The average Bonchev–Trinajstić information content (AvgIpc) is 2.86. The summed E-state index contributed by atoms with van der Waals surface area (Å²) < 4.78 is 7.97. The molecule has 7 heteroatoms. The summed E-state index contributed by atoms with van der Waals surface area (Å²) in [7, 11) is 3.55. The van der Waals surface area contributed by atoms with Gasteiger partial charge in [-0.1, -0.05) is 6.92 Å². The molecule has 0 aromatic carbocycles. The summed E-state index contributed by atoms with van der Waals surface area (Å²) in [6.45, 7) is 3.47. The van der Waals surface area contributed by atoms with Gasteiger partial charge in [-0.25, -0.2) is 9.97 Å². The SMILES string of the molecule is CCCNc1nc(-c2cnn(C)c2)nc(COC)c1I. The number of hydrogen-bond donors (Lipinski definition) is 1. The number of hydrogen-bond acceptors (Lipinski definition) is 5. The minimum atomic E-state index is 0.467. The molecule has 2 aromatic heterocycles. The Bertz CT molecular complexity index is 584. The molecule has 0 amide bonds. The number of aromatic nitrogens is 4. The van der Waals surface area contributed by atoms with Crippen LogP contribution in [0.4, 0.5) is 5.82 Å². The molecule has 2 heterocycles. The fourth-order valence-electron chi connectivity index (χ4n) is 1.75. The van der Waals surface area contributed by atoms with Crippen molar-refractivity contribution in [2.24, 2.45) is 7.05 Å². The molecule has 108 valence electrons. The van der Waals surface area contributed by atoms with Crippen LogP contribution in [0.2, 0.25) is 0 Å². The van der Waals surface area contributed by atoms with E-state index in [1.807, 2.05) is 13.2 Å². The Morgan fingerprint density at radius 3 is 2.80 bits per heavy atom. The monoisotopic (exact) mass is 387 g/mol. The van der Waals surface area contributed by atoms with E-state index in [9.17, 15) is 0 Å². The molecule has 0 unspecified atom stereocenters. The standard InChI is InChI=1S/C13H18IN5O/c1-4-5-15-13-11(14)10(8-20-3)17-12(18-13)9-6-16-19(2)7-9/h6-7H,4-5,8H2,1-3H3,(H,15,17,18). The van der Waals surface area contributed by atoms with Gasteiger partial charge in [0.25, 0.3) is 0 Å². The summed E-state index contributed by atoms with van der Waals surface area (Å²) >= 11 is 2.26. The van der Waals surface area contributed by atoms with Crippen LogP contribution < -0.4 is 5.32 Å². The van der Waals surface area contributed by atoms with Crippen LogP contribution >= 0.6 is 22.6 Å². The smallest absolute Gasteiger partial charge is 0.165 e. The first-order valence-electron chi connectivity index (χ1n) is 6.44. The molecule has 0 aliphatic heterocycles. The number of aryl methyl sites for hydroxylation is 1. The van der Waals surface area contributed by atoms with E-state index in [0.29, 0.717) is 12.4 Å². The summed E-state index contributed by atoms with van der Waals surface area (Å²) in [5, 5.41) is 7.50. The van der Waals surface area contributed by atoms with Gasteiger partial charge in [-0.3, -0.25) is 4.68 Å². The first-order valence-corrected chi connectivity index (χ1v) is 7.51. The number of anilines is 1. The fourth-order valence-corrected chi connectivity index (χ4v) is 2.34. The van der Waals surface area contributed by atoms with E-state index in [0.717, 1.165) is 33.6 Å². The first-order chi connectivity index (χ1) is 9.65. The van der Waals surface area contributed by atoms with Gasteiger partial charge in [0.15, 0.2) is 5.82 Å². The molecular formula is C13H18IN5O. The Labute approximate surface area is 132 Å². The van der Waals surface area contributed by atoms with Crippen LogP contribution in [-0.2, 0) is 18.4 Å². The molecule has 0 saturated heterocycles. The lowest BCUT2D eigenvalue weighted by Crippen LogP contribution is -2.09. The van der Waals surface area contributed by atoms with Gasteiger partial charge in [0.05, 0.1) is 27.6 Å². The van der Waals surface area contributed by atoms with Crippen molar-refractivity contribution in [1.29, 1.82) is 0 Å². The van der Waals surface area contributed by atoms with E-state index in [4.69, 9.17) is 4.74 Å². The Morgan fingerprint density at radius 1 is 1.40 bits per heavy atom. The van der Waals surface area contributed by atoms with Crippen molar-refractivity contribution >= 4 is 28.4 Å². The Hall–Kier alpha value is -1.22. The van der Waals surface area contributed by atoms with Gasteiger partial charge in [-0.15, -0.1) is 0 Å². The predicted octanol–water partition coefficient (Wildman–Crippen LogP) is 2.45. The number of halogens is 1. The molecule has 0 bridgehead atoms. The van der Waals surface area contributed by atoms with Crippen molar-refractivity contribution in [2.45, 2.75) is 20.0 Å². The van der Waals surface area contributed by atoms with Gasteiger partial charge in [0.2, 0.25) is 0 Å². The lowest BCUT2D eigenvalue weighted by atomic mass is 10.3. The van der Waals surface area contributed by atoms with Crippen molar-refractivity contribution in [3.8, 4) is 11.4 Å². The quantitative estimate of drug-likeness (QED) is 0.772. The highest BCUT2D eigenvalue weighted by Gasteiger charge is 2.14. The molecular weight excluding hydrogens is 369 g/mol. The van der Waals surface area contributed by atoms with Crippen molar-refractivity contribution in [3.63, 3.8) is 0 Å². The number of methoxy groups -OCH3 is 1. The molecule has 0 atom stereocenters. The van der Waals surface area contributed by atoms with Gasteiger partial charge < -0.3 is 10.1 Å². The first kappa shape index (κ1) is 15.2. The Morgan fingerprint density at radius 2 is 2.20 bits per heavy atom. The van der Waals surface area contributed by atoms with E-state index < -0.39 is 0 Å². The molecule has 0 aliphatic carbocycles. The minimum absolute atomic E-state index is 0.467. The topological polar surface area (TPSA) is 64.9 Å². The van der Waals surface area contributed by atoms with Gasteiger partial charge in [0.1, 0.15) is 5.82 Å². The Kier molecular flexibility index (Phi) is 5.30. The van der Waals surface area contributed by atoms with Crippen LogP contribution in [0.15, 0.2) is 12.4 Å². The van der Waals surface area contributed by atoms with Crippen molar-refractivity contribution in [2.75, 3.05) is 19.0 Å². The van der Waals surface area contributed by atoms with Crippen LogP contribution in [0.1, 0.15) is 19.0 Å². The highest BCUT2D eigenvalue weighted by atomic mass is 127. The summed E-state index contributed by atoms with van der Waals surface area (Å²) in [6, 6.07) is 0. The average molecular weight is 387 g/mol. The lowest BCUT2D eigenvalue weighted by Gasteiger charge is -2.11. The molecule has 1 N–H and O–H groups in total. The van der Waals surface area contributed by atoms with E-state index in [-0.39, 0.29) is 0 Å². The zero-order valence-corrected chi connectivity index (χ0v) is 14.0. The maximum absolute atomic E-state index is 5.22. The molecule has 0 saturated carbocycles. The summed E-state index contributed by atoms with van der Waals surface area (Å²) in [4.78, 5) is 9.18. The molecule has 20 heavy (non-hydrogen) atoms. The second-order valence-corrected chi connectivity index (χ2v) is 5.50. The van der Waals surface area contributed by atoms with E-state index in [1.165, 1.54) is 0 Å². The van der Waals surface area contributed by atoms with Gasteiger partial charge >= 0.3 is 0 Å². The van der Waals surface area contributed by atoms with Crippen molar-refractivity contribution in [3.05, 3.63) is 21.7 Å². The van der Waals surface area contributed by atoms with Gasteiger partial charge in [-0.2, -0.15) is 5.10 Å². The fraction of sp³-hybridized carbons (Fsp3) is 0.462. The van der Waals surface area contributed by atoms with Crippen LogP contribution in [0, 0.1) is 3.57 Å². The largest absolute Gasteiger partial charge is 0.378 e. The van der Waals surface area contributed by atoms with Gasteiger partial charge in [-0.05, 0) is 29.0 Å². The minimum Gasteiger partial charge on any atom is -0.378 e. The van der Waals surface area contributed by atoms with Gasteiger partial charge in [0, 0.05) is 26.9 Å². The molecule has 0 fully saturated rings. The second-order valence-electron chi connectivity index (χ2n) is 4.42. The predicted molar refractivity (Wildman–Crippen MR) is 86.4 cm³/mol. The van der Waals surface area contributed by atoms with Crippen molar-refractivity contribution < 1.29 is 4.74 Å². The highest BCUT2D eigenvalue weighted by molar-refractivity contribution is 14.1. The van der Waals surface area contributed by atoms with E-state index in [1.54, 1.807) is 18.0 Å². The van der Waals surface area contributed by atoms with E-state index >= 15 is 0 Å². The molecule has 6 nitrogen and oxygen atoms in total. The number of ether oxygens (including phenoxy) is 1. The third-order valence-corrected chi connectivity index (χ3v) is 3.84. The van der Waals surface area contributed by atoms with Crippen LogP contribution in [0.25, 0.3) is 11.4 Å². The maximum atomic E-state index is 5.22.